The van der Waals surface area contributed by atoms with Gasteiger partial charge in [-0.1, -0.05) is 0 Å². The number of nitrogens with zero attached hydrogens (tertiary/aromatic N) is 1. The Morgan fingerprint density at radius 2 is 2.00 bits per heavy atom. The van der Waals surface area contributed by atoms with E-state index in [4.69, 9.17) is 11.5 Å². The Bertz CT molecular complexity index is 303. The molecule has 0 aliphatic rings. The standard InChI is InChI=1S/C6H6F2IN3/c7-6(8)5-4(11)2(9)1-3(10)12-5/h1,6H,11H2,(H2,10,12). The predicted octanol–water partition coefficient (Wildman–Crippen LogP) is 1.79. The lowest BCUT2D eigenvalue weighted by molar-refractivity contribution is 0.147. The largest absolute Gasteiger partial charge is 0.396 e. The van der Waals surface area contributed by atoms with Crippen LogP contribution in [0.2, 0.25) is 0 Å². The number of anilines is 2. The van der Waals surface area contributed by atoms with E-state index in [0.29, 0.717) is 3.57 Å². The number of hydrogen-bond donors (Lipinski definition) is 2. The molecule has 0 unspecified atom stereocenters. The van der Waals surface area contributed by atoms with Gasteiger partial charge in [0, 0.05) is 3.57 Å². The first-order chi connectivity index (χ1) is 5.52. The van der Waals surface area contributed by atoms with Crippen LogP contribution < -0.4 is 11.5 Å². The summed E-state index contributed by atoms with van der Waals surface area (Å²) in [5.41, 5.74) is 10.2. The summed E-state index contributed by atoms with van der Waals surface area (Å²) in [6.07, 6.45) is -2.68. The minimum atomic E-state index is -2.68. The van der Waals surface area contributed by atoms with E-state index in [0.717, 1.165) is 0 Å². The zero-order chi connectivity index (χ0) is 9.30. The van der Waals surface area contributed by atoms with Crippen molar-refractivity contribution in [1.82, 2.24) is 4.98 Å². The minimum absolute atomic E-state index is 0.000185. The van der Waals surface area contributed by atoms with Crippen molar-refractivity contribution in [1.29, 1.82) is 0 Å². The molecule has 0 radical (unpaired) electrons. The van der Waals surface area contributed by atoms with Crippen molar-refractivity contribution < 1.29 is 8.78 Å². The summed E-state index contributed by atoms with van der Waals surface area (Å²) in [6.45, 7) is 0. The number of rotatable bonds is 1. The summed E-state index contributed by atoms with van der Waals surface area (Å²) in [7, 11) is 0. The van der Waals surface area contributed by atoms with Crippen LogP contribution in [0.25, 0.3) is 0 Å². The van der Waals surface area contributed by atoms with E-state index in [-0.39, 0.29) is 11.5 Å². The maximum absolute atomic E-state index is 12.2. The van der Waals surface area contributed by atoms with E-state index in [1.54, 1.807) is 0 Å². The molecule has 0 bridgehead atoms. The third-order valence-corrected chi connectivity index (χ3v) is 2.16. The molecule has 4 N–H and O–H groups in total. The molecule has 0 aliphatic carbocycles. The summed E-state index contributed by atoms with van der Waals surface area (Å²) in [4.78, 5) is 3.43. The van der Waals surface area contributed by atoms with Gasteiger partial charge in [0.1, 0.15) is 11.5 Å². The lowest BCUT2D eigenvalue weighted by atomic mass is 10.3. The molecule has 3 nitrogen and oxygen atoms in total. The molecule has 1 aromatic rings. The lowest BCUT2D eigenvalue weighted by Gasteiger charge is -2.06. The molecular weight excluding hydrogens is 279 g/mol. The monoisotopic (exact) mass is 285 g/mol. The van der Waals surface area contributed by atoms with Crippen molar-refractivity contribution in [2.75, 3.05) is 11.5 Å². The van der Waals surface area contributed by atoms with Crippen molar-refractivity contribution in [2.45, 2.75) is 6.43 Å². The van der Waals surface area contributed by atoms with Crippen LogP contribution in [-0.2, 0) is 0 Å². The Morgan fingerprint density at radius 1 is 1.42 bits per heavy atom. The second-order valence-corrected chi connectivity index (χ2v) is 3.29. The highest BCUT2D eigenvalue weighted by Crippen LogP contribution is 2.27. The molecule has 12 heavy (non-hydrogen) atoms. The predicted molar refractivity (Wildman–Crippen MR) is 50.7 cm³/mol. The quantitative estimate of drug-likeness (QED) is 0.773. The first-order valence-corrected chi connectivity index (χ1v) is 4.09. The highest BCUT2D eigenvalue weighted by atomic mass is 127. The third-order valence-electron chi connectivity index (χ3n) is 1.26. The van der Waals surface area contributed by atoms with Gasteiger partial charge in [-0.25, -0.2) is 13.8 Å². The van der Waals surface area contributed by atoms with Crippen LogP contribution in [0.5, 0.6) is 0 Å². The maximum atomic E-state index is 12.2. The molecule has 0 amide bonds. The average molecular weight is 285 g/mol. The van der Waals surface area contributed by atoms with Crippen molar-refractivity contribution in [2.24, 2.45) is 0 Å². The smallest absolute Gasteiger partial charge is 0.282 e. The van der Waals surface area contributed by atoms with Crippen LogP contribution in [0.15, 0.2) is 6.07 Å². The van der Waals surface area contributed by atoms with E-state index in [9.17, 15) is 8.78 Å². The van der Waals surface area contributed by atoms with Gasteiger partial charge in [0.05, 0.1) is 5.69 Å². The zero-order valence-electron chi connectivity index (χ0n) is 5.89. The summed E-state index contributed by atoms with van der Waals surface area (Å²) in [5, 5.41) is 0. The van der Waals surface area contributed by atoms with Gasteiger partial charge in [-0.05, 0) is 28.7 Å². The number of hydrogen-bond acceptors (Lipinski definition) is 3. The fourth-order valence-electron chi connectivity index (χ4n) is 0.728. The molecule has 1 aromatic heterocycles. The molecular formula is C6H6F2IN3. The number of halogens is 3. The Kier molecular flexibility index (Phi) is 2.65. The van der Waals surface area contributed by atoms with Gasteiger partial charge in [0.2, 0.25) is 0 Å². The van der Waals surface area contributed by atoms with Crippen LogP contribution in [0.3, 0.4) is 0 Å². The first-order valence-electron chi connectivity index (χ1n) is 3.02. The van der Waals surface area contributed by atoms with E-state index >= 15 is 0 Å². The molecule has 0 saturated heterocycles. The van der Waals surface area contributed by atoms with E-state index in [1.165, 1.54) is 6.07 Å². The fourth-order valence-corrected chi connectivity index (χ4v) is 1.32. The van der Waals surface area contributed by atoms with Gasteiger partial charge in [0.25, 0.3) is 6.43 Å². The number of pyridine rings is 1. The van der Waals surface area contributed by atoms with Gasteiger partial charge in [-0.2, -0.15) is 0 Å². The van der Waals surface area contributed by atoms with Gasteiger partial charge >= 0.3 is 0 Å². The summed E-state index contributed by atoms with van der Waals surface area (Å²) >= 11 is 1.83. The third kappa shape index (κ3) is 1.74. The van der Waals surface area contributed by atoms with Crippen molar-refractivity contribution in [3.8, 4) is 0 Å². The van der Waals surface area contributed by atoms with Crippen LogP contribution in [0.1, 0.15) is 12.1 Å². The van der Waals surface area contributed by atoms with E-state index < -0.39 is 12.1 Å². The number of nitrogen functional groups attached to an aromatic ring is 2. The van der Waals surface area contributed by atoms with E-state index in [1.807, 2.05) is 22.6 Å². The van der Waals surface area contributed by atoms with Crippen LogP contribution in [0, 0.1) is 3.57 Å². The number of aromatic nitrogens is 1. The first kappa shape index (κ1) is 9.43. The molecule has 0 saturated carbocycles. The topological polar surface area (TPSA) is 64.9 Å². The zero-order valence-corrected chi connectivity index (χ0v) is 8.05. The van der Waals surface area contributed by atoms with Crippen molar-refractivity contribution in [3.63, 3.8) is 0 Å². The normalized spacial score (nSPS) is 10.7. The fraction of sp³-hybridized carbons (Fsp3) is 0.167. The summed E-state index contributed by atoms with van der Waals surface area (Å²) < 4.78 is 24.9. The van der Waals surface area contributed by atoms with Gasteiger partial charge < -0.3 is 11.5 Å². The van der Waals surface area contributed by atoms with Gasteiger partial charge in [-0.15, -0.1) is 0 Å². The SMILES string of the molecule is Nc1cc(I)c(N)c(C(F)F)n1. The maximum Gasteiger partial charge on any atom is 0.282 e. The van der Waals surface area contributed by atoms with Gasteiger partial charge in [0.15, 0.2) is 0 Å². The Morgan fingerprint density at radius 3 is 2.50 bits per heavy atom. The van der Waals surface area contributed by atoms with Crippen LogP contribution in [0.4, 0.5) is 20.3 Å². The lowest BCUT2D eigenvalue weighted by Crippen LogP contribution is -2.04. The van der Waals surface area contributed by atoms with E-state index in [2.05, 4.69) is 4.98 Å². The molecule has 0 fully saturated rings. The number of alkyl halides is 2. The molecule has 6 heteroatoms. The van der Waals surface area contributed by atoms with Gasteiger partial charge in [-0.3, -0.25) is 0 Å². The summed E-state index contributed by atoms with van der Waals surface area (Å²) in [6, 6.07) is 1.45. The highest BCUT2D eigenvalue weighted by Gasteiger charge is 2.15. The van der Waals surface area contributed by atoms with Crippen LogP contribution in [-0.4, -0.2) is 4.98 Å². The Hall–Kier alpha value is -0.660. The average Bonchev–Trinajstić information content (AvgIpc) is 1.96. The molecule has 0 spiro atoms. The second-order valence-electron chi connectivity index (χ2n) is 2.13. The summed E-state index contributed by atoms with van der Waals surface area (Å²) in [5.74, 6) is 0.0592. The molecule has 0 aliphatic heterocycles. The molecule has 1 rings (SSSR count). The second kappa shape index (κ2) is 3.38. The Balaban J connectivity index is 3.28. The minimum Gasteiger partial charge on any atom is -0.396 e. The molecule has 66 valence electrons. The number of nitrogens with two attached hydrogens (primary N) is 2. The molecule has 0 aromatic carbocycles. The highest BCUT2D eigenvalue weighted by molar-refractivity contribution is 14.1. The van der Waals surface area contributed by atoms with Crippen molar-refractivity contribution >= 4 is 34.1 Å². The Labute approximate surface area is 81.3 Å². The molecule has 0 atom stereocenters. The van der Waals surface area contributed by atoms with Crippen LogP contribution >= 0.6 is 22.6 Å². The molecule has 1 heterocycles. The van der Waals surface area contributed by atoms with Crippen molar-refractivity contribution in [3.05, 3.63) is 15.3 Å².